The smallest absolute Gasteiger partial charge is 0.288 e. The molecule has 0 bridgehead atoms. The van der Waals surface area contributed by atoms with Crippen molar-refractivity contribution >= 4 is 5.91 Å². The van der Waals surface area contributed by atoms with Crippen LogP contribution in [0.4, 0.5) is 4.39 Å². The molecule has 3 aromatic rings. The minimum Gasteiger partial charge on any atom is -0.377 e. The quantitative estimate of drug-likeness (QED) is 0.617. The zero-order valence-corrected chi connectivity index (χ0v) is 15.1. The third-order valence-electron chi connectivity index (χ3n) is 4.01. The van der Waals surface area contributed by atoms with Crippen molar-refractivity contribution in [3.05, 3.63) is 65.7 Å². The van der Waals surface area contributed by atoms with Crippen molar-refractivity contribution < 1.29 is 13.9 Å². The number of aromatic nitrogens is 3. The van der Waals surface area contributed by atoms with Crippen molar-refractivity contribution in [3.63, 3.8) is 0 Å². The number of rotatable bonds is 8. The van der Waals surface area contributed by atoms with Gasteiger partial charge in [0.05, 0.1) is 17.9 Å². The molecule has 0 saturated carbocycles. The Labute approximate surface area is 156 Å². The fourth-order valence-electron chi connectivity index (χ4n) is 2.63. The van der Waals surface area contributed by atoms with Crippen molar-refractivity contribution in [3.8, 4) is 17.1 Å². The van der Waals surface area contributed by atoms with Crippen LogP contribution in [0.2, 0.25) is 0 Å². The molecule has 1 heterocycles. The average Bonchev–Trinajstić information content (AvgIpc) is 3.11. The van der Waals surface area contributed by atoms with E-state index in [1.807, 2.05) is 18.2 Å². The van der Waals surface area contributed by atoms with Gasteiger partial charge in [0.25, 0.3) is 5.91 Å². The number of benzene rings is 2. The van der Waals surface area contributed by atoms with Gasteiger partial charge < -0.3 is 10.5 Å². The number of hydrogen-bond donors (Lipinski definition) is 1. The number of halogens is 1. The molecule has 0 saturated heterocycles. The van der Waals surface area contributed by atoms with E-state index in [9.17, 15) is 9.18 Å². The van der Waals surface area contributed by atoms with Crippen LogP contribution >= 0.6 is 0 Å². The molecule has 2 aromatic carbocycles. The van der Waals surface area contributed by atoms with E-state index in [0.717, 1.165) is 18.4 Å². The average molecular weight is 368 g/mol. The summed E-state index contributed by atoms with van der Waals surface area (Å²) in [5, 5.41) is 4.17. The van der Waals surface area contributed by atoms with Crippen LogP contribution < -0.4 is 5.73 Å². The first kappa shape index (κ1) is 18.7. The van der Waals surface area contributed by atoms with Gasteiger partial charge in [-0.1, -0.05) is 37.6 Å². The third-order valence-corrected chi connectivity index (χ3v) is 4.01. The standard InChI is InChI=1S/C20H21FN4O2/c1-2-3-11-27-13-14-7-6-8-15(12-14)25-20(23-19(24-25)18(22)26)16-9-4-5-10-17(16)21/h4-10,12H,2-3,11,13H2,1H3,(H2,22,26). The highest BCUT2D eigenvalue weighted by Crippen LogP contribution is 2.24. The van der Waals surface area contributed by atoms with E-state index in [0.29, 0.717) is 18.9 Å². The largest absolute Gasteiger partial charge is 0.377 e. The van der Waals surface area contributed by atoms with Crippen LogP contribution in [0.15, 0.2) is 48.5 Å². The van der Waals surface area contributed by atoms with E-state index in [-0.39, 0.29) is 17.2 Å². The van der Waals surface area contributed by atoms with E-state index in [2.05, 4.69) is 17.0 Å². The lowest BCUT2D eigenvalue weighted by Crippen LogP contribution is -2.13. The zero-order chi connectivity index (χ0) is 19.2. The molecule has 3 rings (SSSR count). The number of nitrogens with zero attached hydrogens (tertiary/aromatic N) is 3. The van der Waals surface area contributed by atoms with Crippen LogP contribution in [-0.2, 0) is 11.3 Å². The van der Waals surface area contributed by atoms with E-state index >= 15 is 0 Å². The molecule has 6 nitrogen and oxygen atoms in total. The molecule has 0 aliphatic rings. The van der Waals surface area contributed by atoms with Gasteiger partial charge in [0.2, 0.25) is 5.82 Å². The number of hydrogen-bond acceptors (Lipinski definition) is 4. The zero-order valence-electron chi connectivity index (χ0n) is 15.1. The number of primary amides is 1. The summed E-state index contributed by atoms with van der Waals surface area (Å²) < 4.78 is 21.4. The maximum Gasteiger partial charge on any atom is 0.288 e. The van der Waals surface area contributed by atoms with Gasteiger partial charge >= 0.3 is 0 Å². The maximum absolute atomic E-state index is 14.3. The van der Waals surface area contributed by atoms with Crippen LogP contribution in [-0.4, -0.2) is 27.3 Å². The fraction of sp³-hybridized carbons (Fsp3) is 0.250. The first-order chi connectivity index (χ1) is 13.1. The van der Waals surface area contributed by atoms with Crippen molar-refractivity contribution in [2.24, 2.45) is 5.73 Å². The molecule has 1 amide bonds. The normalized spacial score (nSPS) is 10.9. The number of amides is 1. The maximum atomic E-state index is 14.3. The minimum atomic E-state index is -0.773. The number of unbranched alkanes of at least 4 members (excludes halogenated alkanes) is 1. The molecular weight excluding hydrogens is 347 g/mol. The van der Waals surface area contributed by atoms with Gasteiger partial charge in [-0.2, -0.15) is 0 Å². The monoisotopic (exact) mass is 368 g/mol. The Morgan fingerprint density at radius 1 is 1.22 bits per heavy atom. The number of carbonyl (C=O) groups is 1. The first-order valence-electron chi connectivity index (χ1n) is 8.79. The Hall–Kier alpha value is -3.06. The number of nitrogens with two attached hydrogens (primary N) is 1. The Morgan fingerprint density at radius 3 is 2.78 bits per heavy atom. The van der Waals surface area contributed by atoms with Gasteiger partial charge in [0.1, 0.15) is 5.82 Å². The summed E-state index contributed by atoms with van der Waals surface area (Å²) >= 11 is 0. The van der Waals surface area contributed by atoms with Crippen LogP contribution in [0.1, 0.15) is 35.9 Å². The molecule has 0 aliphatic heterocycles. The van der Waals surface area contributed by atoms with E-state index in [4.69, 9.17) is 10.5 Å². The second-order valence-corrected chi connectivity index (χ2v) is 6.09. The highest BCUT2D eigenvalue weighted by atomic mass is 19.1. The molecule has 27 heavy (non-hydrogen) atoms. The lowest BCUT2D eigenvalue weighted by atomic mass is 10.2. The van der Waals surface area contributed by atoms with E-state index in [1.165, 1.54) is 10.7 Å². The third kappa shape index (κ3) is 4.38. The number of ether oxygens (including phenoxy) is 1. The van der Waals surface area contributed by atoms with Crippen LogP contribution in [0.25, 0.3) is 17.1 Å². The van der Waals surface area contributed by atoms with Gasteiger partial charge in [0, 0.05) is 6.61 Å². The molecule has 0 atom stereocenters. The van der Waals surface area contributed by atoms with Gasteiger partial charge in [0.15, 0.2) is 5.82 Å². The molecule has 7 heteroatoms. The van der Waals surface area contributed by atoms with E-state index < -0.39 is 11.7 Å². The summed E-state index contributed by atoms with van der Waals surface area (Å²) in [5.74, 6) is -1.18. The Bertz CT molecular complexity index is 939. The lowest BCUT2D eigenvalue weighted by molar-refractivity contribution is 0.0990. The lowest BCUT2D eigenvalue weighted by Gasteiger charge is -2.09. The highest BCUT2D eigenvalue weighted by molar-refractivity contribution is 5.89. The van der Waals surface area contributed by atoms with Crippen molar-refractivity contribution in [1.82, 2.24) is 14.8 Å². The molecule has 2 N–H and O–H groups in total. The molecule has 0 spiro atoms. The number of carbonyl (C=O) groups excluding carboxylic acids is 1. The second-order valence-electron chi connectivity index (χ2n) is 6.09. The van der Waals surface area contributed by atoms with Crippen molar-refractivity contribution in [1.29, 1.82) is 0 Å². The van der Waals surface area contributed by atoms with Crippen LogP contribution in [0.5, 0.6) is 0 Å². The molecule has 0 unspecified atom stereocenters. The van der Waals surface area contributed by atoms with Crippen molar-refractivity contribution in [2.75, 3.05) is 6.61 Å². The molecule has 0 fully saturated rings. The molecule has 0 aliphatic carbocycles. The SMILES string of the molecule is CCCCOCc1cccc(-n2nc(C(N)=O)nc2-c2ccccc2F)c1. The Kier molecular flexibility index (Phi) is 5.93. The fourth-order valence-corrected chi connectivity index (χ4v) is 2.63. The molecule has 1 aromatic heterocycles. The molecular formula is C20H21FN4O2. The van der Waals surface area contributed by atoms with Crippen LogP contribution in [0.3, 0.4) is 0 Å². The van der Waals surface area contributed by atoms with Crippen molar-refractivity contribution in [2.45, 2.75) is 26.4 Å². The summed E-state index contributed by atoms with van der Waals surface area (Å²) in [6.45, 7) is 3.26. The summed E-state index contributed by atoms with van der Waals surface area (Å²) in [7, 11) is 0. The summed E-state index contributed by atoms with van der Waals surface area (Å²) in [4.78, 5) is 15.7. The van der Waals surface area contributed by atoms with Gasteiger partial charge in [-0.15, -0.1) is 5.10 Å². The Balaban J connectivity index is 1.99. The summed E-state index contributed by atoms with van der Waals surface area (Å²) in [5.41, 5.74) is 7.15. The predicted molar refractivity (Wildman–Crippen MR) is 99.8 cm³/mol. The first-order valence-corrected chi connectivity index (χ1v) is 8.79. The minimum absolute atomic E-state index is 0.169. The topological polar surface area (TPSA) is 83.0 Å². The summed E-state index contributed by atoms with van der Waals surface area (Å²) in [6.07, 6.45) is 2.07. The second kappa shape index (κ2) is 8.55. The molecule has 140 valence electrons. The van der Waals surface area contributed by atoms with E-state index in [1.54, 1.807) is 24.3 Å². The highest BCUT2D eigenvalue weighted by Gasteiger charge is 2.19. The Morgan fingerprint density at radius 2 is 2.04 bits per heavy atom. The van der Waals surface area contributed by atoms with Crippen LogP contribution in [0, 0.1) is 5.82 Å². The summed E-state index contributed by atoms with van der Waals surface area (Å²) in [6, 6.07) is 13.7. The molecule has 0 radical (unpaired) electrons. The van der Waals surface area contributed by atoms with Gasteiger partial charge in [-0.3, -0.25) is 4.79 Å². The predicted octanol–water partition coefficient (Wildman–Crippen LogP) is 3.49. The van der Waals surface area contributed by atoms with Gasteiger partial charge in [-0.25, -0.2) is 14.1 Å². The van der Waals surface area contributed by atoms with Gasteiger partial charge in [-0.05, 0) is 36.2 Å².